The Bertz CT molecular complexity index is 164. The minimum atomic E-state index is -1.06. The number of hydrogen-bond acceptors (Lipinski definition) is 3. The summed E-state index contributed by atoms with van der Waals surface area (Å²) in [4.78, 5) is 0. The van der Waals surface area contributed by atoms with Crippen molar-refractivity contribution in [2.75, 3.05) is 34.8 Å². The Morgan fingerprint density at radius 3 is 2.07 bits per heavy atom. The SMILES string of the molecule is CCOC(C)C=C[SiH](N(C)C)N(C)C. The van der Waals surface area contributed by atoms with Gasteiger partial charge >= 0.3 is 0 Å². The average molecular weight is 216 g/mol. The van der Waals surface area contributed by atoms with Crippen molar-refractivity contribution in [1.82, 2.24) is 9.13 Å². The zero-order valence-electron chi connectivity index (χ0n) is 10.3. The standard InChI is InChI=1S/C10H24N2OSi/c1-7-13-10(2)8-9-14(11(3)4)12(5)6/h8-10,14H,7H2,1-6H3. The molecule has 1 unspecified atom stereocenters. The van der Waals surface area contributed by atoms with Crippen LogP contribution in [0.1, 0.15) is 13.8 Å². The third-order valence-electron chi connectivity index (χ3n) is 2.04. The molecule has 1 atom stereocenters. The highest BCUT2D eigenvalue weighted by molar-refractivity contribution is 6.58. The van der Waals surface area contributed by atoms with Crippen molar-refractivity contribution >= 4 is 9.12 Å². The van der Waals surface area contributed by atoms with Gasteiger partial charge in [-0.15, -0.1) is 0 Å². The average Bonchev–Trinajstić information content (AvgIpc) is 2.03. The van der Waals surface area contributed by atoms with E-state index in [1.54, 1.807) is 0 Å². The molecular weight excluding hydrogens is 192 g/mol. The molecule has 0 saturated carbocycles. The van der Waals surface area contributed by atoms with Crippen LogP contribution in [0, 0.1) is 0 Å². The van der Waals surface area contributed by atoms with Crippen LogP contribution >= 0.6 is 0 Å². The molecule has 0 heterocycles. The summed E-state index contributed by atoms with van der Waals surface area (Å²) in [5, 5.41) is 0. The van der Waals surface area contributed by atoms with Crippen molar-refractivity contribution in [3.05, 3.63) is 11.8 Å². The fourth-order valence-electron chi connectivity index (χ4n) is 1.38. The summed E-state index contributed by atoms with van der Waals surface area (Å²) in [5.74, 6) is 0. The first kappa shape index (κ1) is 13.8. The normalized spacial score (nSPS) is 14.9. The molecule has 14 heavy (non-hydrogen) atoms. The second-order valence-electron chi connectivity index (χ2n) is 3.89. The summed E-state index contributed by atoms with van der Waals surface area (Å²) < 4.78 is 10.1. The molecule has 0 amide bonds. The summed E-state index contributed by atoms with van der Waals surface area (Å²) in [5.41, 5.74) is 2.31. The van der Waals surface area contributed by atoms with Crippen LogP contribution in [0.15, 0.2) is 11.8 Å². The van der Waals surface area contributed by atoms with E-state index < -0.39 is 9.12 Å². The molecule has 0 saturated heterocycles. The first-order chi connectivity index (χ1) is 6.49. The van der Waals surface area contributed by atoms with Gasteiger partial charge in [0.25, 0.3) is 0 Å². The molecule has 0 bridgehead atoms. The number of hydrogen-bond donors (Lipinski definition) is 0. The van der Waals surface area contributed by atoms with E-state index in [2.05, 4.69) is 56.0 Å². The van der Waals surface area contributed by atoms with E-state index in [0.717, 1.165) is 6.61 Å². The minimum absolute atomic E-state index is 0.231. The van der Waals surface area contributed by atoms with Gasteiger partial charge in [0.2, 0.25) is 9.12 Å². The van der Waals surface area contributed by atoms with Crippen LogP contribution in [0.5, 0.6) is 0 Å². The molecule has 0 aliphatic heterocycles. The van der Waals surface area contributed by atoms with Crippen molar-refractivity contribution in [2.24, 2.45) is 0 Å². The largest absolute Gasteiger partial charge is 0.375 e. The lowest BCUT2D eigenvalue weighted by molar-refractivity contribution is 0.109. The molecule has 0 aromatic rings. The molecule has 84 valence electrons. The van der Waals surface area contributed by atoms with E-state index in [4.69, 9.17) is 4.74 Å². The van der Waals surface area contributed by atoms with Gasteiger partial charge in [0.15, 0.2) is 0 Å². The third-order valence-corrected chi connectivity index (χ3v) is 4.72. The fraction of sp³-hybridized carbons (Fsp3) is 0.800. The molecule has 0 spiro atoms. The molecule has 0 fully saturated rings. The molecule has 4 heteroatoms. The maximum atomic E-state index is 5.45. The van der Waals surface area contributed by atoms with Crippen molar-refractivity contribution in [2.45, 2.75) is 20.0 Å². The topological polar surface area (TPSA) is 15.7 Å². The van der Waals surface area contributed by atoms with Crippen LogP contribution in [-0.2, 0) is 4.74 Å². The Morgan fingerprint density at radius 2 is 1.71 bits per heavy atom. The van der Waals surface area contributed by atoms with Gasteiger partial charge in [-0.05, 0) is 42.0 Å². The smallest absolute Gasteiger partial charge is 0.214 e. The summed E-state index contributed by atoms with van der Waals surface area (Å²) in [6.07, 6.45) is 2.40. The van der Waals surface area contributed by atoms with Gasteiger partial charge in [-0.2, -0.15) is 0 Å². The Hall–Kier alpha value is -0.163. The number of rotatable bonds is 6. The van der Waals surface area contributed by atoms with Gasteiger partial charge in [0, 0.05) is 6.61 Å². The van der Waals surface area contributed by atoms with Gasteiger partial charge < -0.3 is 13.9 Å². The molecule has 0 aliphatic carbocycles. The van der Waals surface area contributed by atoms with E-state index >= 15 is 0 Å². The maximum Gasteiger partial charge on any atom is 0.214 e. The van der Waals surface area contributed by atoms with Crippen LogP contribution in [0.2, 0.25) is 0 Å². The third kappa shape index (κ3) is 5.54. The molecule has 0 rings (SSSR count). The Kier molecular flexibility index (Phi) is 7.09. The number of nitrogens with zero attached hydrogens (tertiary/aromatic N) is 2. The minimum Gasteiger partial charge on any atom is -0.375 e. The highest BCUT2D eigenvalue weighted by atomic mass is 28.3. The van der Waals surface area contributed by atoms with E-state index in [1.165, 1.54) is 0 Å². The van der Waals surface area contributed by atoms with Gasteiger partial charge in [0.1, 0.15) is 0 Å². The maximum absolute atomic E-state index is 5.45. The predicted molar refractivity (Wildman–Crippen MR) is 64.8 cm³/mol. The lowest BCUT2D eigenvalue weighted by Gasteiger charge is -2.25. The first-order valence-electron chi connectivity index (χ1n) is 5.11. The Morgan fingerprint density at radius 1 is 1.21 bits per heavy atom. The van der Waals surface area contributed by atoms with Crippen LogP contribution in [0.25, 0.3) is 0 Å². The van der Waals surface area contributed by atoms with Crippen molar-refractivity contribution < 1.29 is 4.74 Å². The molecular formula is C10H24N2OSi. The monoisotopic (exact) mass is 216 g/mol. The zero-order valence-corrected chi connectivity index (χ0v) is 11.5. The van der Waals surface area contributed by atoms with Gasteiger partial charge in [-0.3, -0.25) is 0 Å². The Balaban J connectivity index is 4.14. The van der Waals surface area contributed by atoms with Crippen LogP contribution in [-0.4, -0.2) is 59.2 Å². The fourth-order valence-corrected chi connectivity index (χ4v) is 3.50. The second-order valence-corrected chi connectivity index (χ2v) is 7.16. The summed E-state index contributed by atoms with van der Waals surface area (Å²) in [7, 11) is 7.47. The van der Waals surface area contributed by atoms with E-state index in [1.807, 2.05) is 6.92 Å². The molecule has 0 aromatic carbocycles. The quantitative estimate of drug-likeness (QED) is 0.612. The van der Waals surface area contributed by atoms with Crippen molar-refractivity contribution in [3.8, 4) is 0 Å². The van der Waals surface area contributed by atoms with Gasteiger partial charge in [0.05, 0.1) is 6.10 Å². The zero-order chi connectivity index (χ0) is 11.1. The first-order valence-corrected chi connectivity index (χ1v) is 6.81. The summed E-state index contributed by atoms with van der Waals surface area (Å²) in [6, 6.07) is 0. The molecule has 0 radical (unpaired) electrons. The lowest BCUT2D eigenvalue weighted by Crippen LogP contribution is -2.44. The highest BCUT2D eigenvalue weighted by Crippen LogP contribution is 1.98. The number of ether oxygens (including phenoxy) is 1. The van der Waals surface area contributed by atoms with Gasteiger partial charge in [-0.25, -0.2) is 0 Å². The molecule has 0 aromatic heterocycles. The van der Waals surface area contributed by atoms with E-state index in [9.17, 15) is 0 Å². The molecule has 0 aliphatic rings. The van der Waals surface area contributed by atoms with E-state index in [-0.39, 0.29) is 6.10 Å². The predicted octanol–water partition coefficient (Wildman–Crippen LogP) is 0.850. The highest BCUT2D eigenvalue weighted by Gasteiger charge is 2.12. The van der Waals surface area contributed by atoms with Crippen molar-refractivity contribution in [1.29, 1.82) is 0 Å². The van der Waals surface area contributed by atoms with Crippen LogP contribution in [0.3, 0.4) is 0 Å². The second kappa shape index (κ2) is 7.17. The summed E-state index contributed by atoms with van der Waals surface area (Å²) >= 11 is 0. The molecule has 3 nitrogen and oxygen atoms in total. The molecule has 0 N–H and O–H groups in total. The van der Waals surface area contributed by atoms with Gasteiger partial charge in [-0.1, -0.05) is 11.8 Å². The van der Waals surface area contributed by atoms with Crippen molar-refractivity contribution in [3.63, 3.8) is 0 Å². The van der Waals surface area contributed by atoms with E-state index in [0.29, 0.717) is 0 Å². The van der Waals surface area contributed by atoms with Crippen LogP contribution in [0.4, 0.5) is 0 Å². The van der Waals surface area contributed by atoms with Crippen LogP contribution < -0.4 is 0 Å². The lowest BCUT2D eigenvalue weighted by atomic mass is 10.4. The Labute approximate surface area is 90.1 Å². The summed E-state index contributed by atoms with van der Waals surface area (Å²) in [6.45, 7) is 4.88.